The molecular formula is C29H38. The zero-order valence-corrected chi connectivity index (χ0v) is 19.0. The number of benzene rings is 3. The molecule has 0 amide bonds. The van der Waals surface area contributed by atoms with Gasteiger partial charge in [-0.3, -0.25) is 0 Å². The standard InChI is InChI=1S/C12H18.C10H12.C7H8/c1-3-11(2)9-10-12-7-5-4-6-8-12;1-8(2)10-6-4-9(3)5-7-10;1-7-5-3-2-4-6-7/h4-8,11H,3,9-10H2,1-2H3;4-7H,1H2,2-3H3;2-6H,1H3. The number of aryl methyl sites for hydroxylation is 3. The van der Waals surface area contributed by atoms with Gasteiger partial charge in [0.2, 0.25) is 0 Å². The topological polar surface area (TPSA) is 0 Å². The van der Waals surface area contributed by atoms with Gasteiger partial charge in [0.05, 0.1) is 0 Å². The van der Waals surface area contributed by atoms with Crippen LogP contribution in [0.2, 0.25) is 0 Å². The monoisotopic (exact) mass is 386 g/mol. The molecule has 0 N–H and O–H groups in total. The fraction of sp³-hybridized carbons (Fsp3) is 0.310. The quantitative estimate of drug-likeness (QED) is 0.411. The van der Waals surface area contributed by atoms with Crippen LogP contribution in [0, 0.1) is 19.8 Å². The second-order valence-corrected chi connectivity index (χ2v) is 7.84. The highest BCUT2D eigenvalue weighted by Crippen LogP contribution is 2.12. The van der Waals surface area contributed by atoms with Crippen molar-refractivity contribution in [2.75, 3.05) is 0 Å². The van der Waals surface area contributed by atoms with Crippen molar-refractivity contribution in [1.29, 1.82) is 0 Å². The minimum absolute atomic E-state index is 0.866. The van der Waals surface area contributed by atoms with Gasteiger partial charge in [-0.1, -0.05) is 128 Å². The molecule has 1 atom stereocenters. The lowest BCUT2D eigenvalue weighted by atomic mass is 9.99. The van der Waals surface area contributed by atoms with Gasteiger partial charge >= 0.3 is 0 Å². The van der Waals surface area contributed by atoms with Crippen LogP contribution >= 0.6 is 0 Å². The molecule has 3 aromatic carbocycles. The highest BCUT2D eigenvalue weighted by Gasteiger charge is 1.98. The second kappa shape index (κ2) is 14.4. The Morgan fingerprint density at radius 2 is 1.24 bits per heavy atom. The predicted octanol–water partition coefficient (Wildman–Crippen LogP) is 8.69. The molecule has 29 heavy (non-hydrogen) atoms. The van der Waals surface area contributed by atoms with Gasteiger partial charge in [-0.15, -0.1) is 0 Å². The lowest BCUT2D eigenvalue weighted by Gasteiger charge is -2.07. The van der Waals surface area contributed by atoms with Crippen LogP contribution in [0.15, 0.2) is 91.5 Å². The van der Waals surface area contributed by atoms with Crippen LogP contribution in [-0.2, 0) is 6.42 Å². The van der Waals surface area contributed by atoms with Crippen molar-refractivity contribution < 1.29 is 0 Å². The highest BCUT2D eigenvalue weighted by molar-refractivity contribution is 5.61. The first-order valence-electron chi connectivity index (χ1n) is 10.7. The van der Waals surface area contributed by atoms with E-state index in [0.717, 1.165) is 11.5 Å². The zero-order valence-electron chi connectivity index (χ0n) is 19.0. The fourth-order valence-electron chi connectivity index (χ4n) is 2.63. The Labute approximate surface area is 179 Å². The van der Waals surface area contributed by atoms with Gasteiger partial charge in [-0.25, -0.2) is 0 Å². The number of allylic oxidation sites excluding steroid dienone is 1. The van der Waals surface area contributed by atoms with Gasteiger partial charge in [0.25, 0.3) is 0 Å². The van der Waals surface area contributed by atoms with Crippen molar-refractivity contribution in [3.05, 3.63) is 114 Å². The maximum Gasteiger partial charge on any atom is -0.0233 e. The van der Waals surface area contributed by atoms with Crippen LogP contribution in [0.25, 0.3) is 5.57 Å². The highest BCUT2D eigenvalue weighted by atomic mass is 14.0. The molecule has 0 radical (unpaired) electrons. The van der Waals surface area contributed by atoms with Gasteiger partial charge in [-0.2, -0.15) is 0 Å². The first kappa shape index (κ1) is 24.4. The zero-order chi connectivity index (χ0) is 21.5. The van der Waals surface area contributed by atoms with Crippen LogP contribution in [0.4, 0.5) is 0 Å². The maximum absolute atomic E-state index is 3.86. The molecule has 0 nitrogen and oxygen atoms in total. The van der Waals surface area contributed by atoms with Gasteiger partial charge in [0, 0.05) is 0 Å². The molecule has 0 heterocycles. The Bertz CT molecular complexity index is 782. The molecular weight excluding hydrogens is 348 g/mol. The van der Waals surface area contributed by atoms with Gasteiger partial charge in [0.1, 0.15) is 0 Å². The van der Waals surface area contributed by atoms with Gasteiger partial charge in [-0.05, 0) is 50.7 Å². The summed E-state index contributed by atoms with van der Waals surface area (Å²) < 4.78 is 0. The summed E-state index contributed by atoms with van der Waals surface area (Å²) in [4.78, 5) is 0. The summed E-state index contributed by atoms with van der Waals surface area (Å²) in [5.41, 5.74) is 6.44. The smallest absolute Gasteiger partial charge is 0.0233 e. The van der Waals surface area contributed by atoms with Crippen molar-refractivity contribution >= 4 is 5.57 Å². The third-order valence-electron chi connectivity index (χ3n) is 4.95. The minimum atomic E-state index is 0.866. The van der Waals surface area contributed by atoms with E-state index in [9.17, 15) is 0 Å². The molecule has 0 aliphatic heterocycles. The molecule has 154 valence electrons. The van der Waals surface area contributed by atoms with Crippen LogP contribution in [0.5, 0.6) is 0 Å². The van der Waals surface area contributed by atoms with Crippen LogP contribution < -0.4 is 0 Å². The van der Waals surface area contributed by atoms with Crippen molar-refractivity contribution in [3.8, 4) is 0 Å². The minimum Gasteiger partial charge on any atom is -0.0955 e. The average molecular weight is 387 g/mol. The molecule has 0 fully saturated rings. The molecule has 0 bridgehead atoms. The van der Waals surface area contributed by atoms with Crippen molar-refractivity contribution in [2.24, 2.45) is 5.92 Å². The number of hydrogen-bond acceptors (Lipinski definition) is 0. The lowest BCUT2D eigenvalue weighted by Crippen LogP contribution is -1.94. The molecule has 0 saturated heterocycles. The SMILES string of the molecule is C=C(C)c1ccc(C)cc1.CCC(C)CCc1ccccc1.Cc1ccccc1. The van der Waals surface area contributed by atoms with E-state index in [1.165, 1.54) is 41.5 Å². The summed E-state index contributed by atoms with van der Waals surface area (Å²) in [5, 5.41) is 0. The molecule has 0 heteroatoms. The molecule has 3 aromatic rings. The summed E-state index contributed by atoms with van der Waals surface area (Å²) >= 11 is 0. The normalized spacial score (nSPS) is 10.7. The fourth-order valence-corrected chi connectivity index (χ4v) is 2.63. The Morgan fingerprint density at radius 1 is 0.759 bits per heavy atom. The third kappa shape index (κ3) is 11.8. The number of rotatable bonds is 5. The third-order valence-corrected chi connectivity index (χ3v) is 4.95. The molecule has 0 aliphatic rings. The summed E-state index contributed by atoms with van der Waals surface area (Å²) in [7, 11) is 0. The Kier molecular flexibility index (Phi) is 12.1. The average Bonchev–Trinajstić information content (AvgIpc) is 2.74. The summed E-state index contributed by atoms with van der Waals surface area (Å²) in [6, 6.07) is 29.4. The molecule has 0 spiro atoms. The summed E-state index contributed by atoms with van der Waals surface area (Å²) in [5.74, 6) is 0.866. The van der Waals surface area contributed by atoms with E-state index in [-0.39, 0.29) is 0 Å². The van der Waals surface area contributed by atoms with Crippen LogP contribution in [0.1, 0.15) is 55.9 Å². The Balaban J connectivity index is 0.000000225. The van der Waals surface area contributed by atoms with E-state index in [1.54, 1.807) is 0 Å². The Morgan fingerprint density at radius 3 is 1.66 bits per heavy atom. The Hall–Kier alpha value is -2.60. The van der Waals surface area contributed by atoms with Crippen molar-refractivity contribution in [2.45, 2.75) is 53.9 Å². The summed E-state index contributed by atoms with van der Waals surface area (Å²) in [6.45, 7) is 14.6. The van der Waals surface area contributed by atoms with Crippen molar-refractivity contribution in [3.63, 3.8) is 0 Å². The van der Waals surface area contributed by atoms with Gasteiger partial charge in [0.15, 0.2) is 0 Å². The van der Waals surface area contributed by atoms with E-state index in [0.29, 0.717) is 0 Å². The van der Waals surface area contributed by atoms with Gasteiger partial charge < -0.3 is 0 Å². The van der Waals surface area contributed by atoms with Crippen molar-refractivity contribution in [1.82, 2.24) is 0 Å². The largest absolute Gasteiger partial charge is 0.0955 e. The molecule has 1 unspecified atom stereocenters. The molecule has 0 aromatic heterocycles. The second-order valence-electron chi connectivity index (χ2n) is 7.84. The first-order valence-corrected chi connectivity index (χ1v) is 10.7. The van der Waals surface area contributed by atoms with E-state index in [1.807, 2.05) is 25.1 Å². The van der Waals surface area contributed by atoms with Crippen LogP contribution in [-0.4, -0.2) is 0 Å². The van der Waals surface area contributed by atoms with E-state index in [2.05, 4.69) is 101 Å². The first-order chi connectivity index (χ1) is 13.9. The summed E-state index contributed by atoms with van der Waals surface area (Å²) in [6.07, 6.45) is 3.85. The number of hydrogen-bond donors (Lipinski definition) is 0. The van der Waals surface area contributed by atoms with Crippen LogP contribution in [0.3, 0.4) is 0 Å². The van der Waals surface area contributed by atoms with E-state index in [4.69, 9.17) is 0 Å². The van der Waals surface area contributed by atoms with E-state index < -0.39 is 0 Å². The predicted molar refractivity (Wildman–Crippen MR) is 131 cm³/mol. The lowest BCUT2D eigenvalue weighted by molar-refractivity contribution is 0.516. The van der Waals surface area contributed by atoms with E-state index >= 15 is 0 Å². The maximum atomic E-state index is 3.86. The molecule has 3 rings (SSSR count). The molecule has 0 saturated carbocycles. The molecule has 0 aliphatic carbocycles.